The molecule has 0 aromatic carbocycles. The van der Waals surface area contributed by atoms with Crippen LogP contribution in [0.1, 0.15) is 33.6 Å². The van der Waals surface area contributed by atoms with Gasteiger partial charge in [0, 0.05) is 12.0 Å². The van der Waals surface area contributed by atoms with Gasteiger partial charge in [0.15, 0.2) is 0 Å². The van der Waals surface area contributed by atoms with Crippen molar-refractivity contribution < 1.29 is 14.7 Å². The predicted octanol–water partition coefficient (Wildman–Crippen LogP) is 1.01. The van der Waals surface area contributed by atoms with Gasteiger partial charge in [-0.15, -0.1) is 0 Å². The van der Waals surface area contributed by atoms with Gasteiger partial charge in [-0.3, -0.25) is 9.59 Å². The monoisotopic (exact) mass is 187 g/mol. The molecule has 4 nitrogen and oxygen atoms in total. The van der Waals surface area contributed by atoms with Gasteiger partial charge in [-0.05, 0) is 6.42 Å². The minimum atomic E-state index is -0.894. The van der Waals surface area contributed by atoms with Crippen molar-refractivity contribution in [1.29, 1.82) is 0 Å². The average Bonchev–Trinajstić information content (AvgIpc) is 2.03. The first kappa shape index (κ1) is 11.9. The molecule has 0 saturated heterocycles. The summed E-state index contributed by atoms with van der Waals surface area (Å²) < 4.78 is 0. The van der Waals surface area contributed by atoms with Crippen LogP contribution in [-0.2, 0) is 9.59 Å². The van der Waals surface area contributed by atoms with Crippen molar-refractivity contribution in [3.63, 3.8) is 0 Å². The molecule has 0 aliphatic carbocycles. The highest BCUT2D eigenvalue weighted by atomic mass is 16.4. The summed E-state index contributed by atoms with van der Waals surface area (Å²) in [7, 11) is 0. The number of carbonyl (C=O) groups excluding carboxylic acids is 1. The van der Waals surface area contributed by atoms with Gasteiger partial charge in [0.05, 0.1) is 6.42 Å². The smallest absolute Gasteiger partial charge is 0.305 e. The van der Waals surface area contributed by atoms with Crippen LogP contribution in [0.25, 0.3) is 0 Å². The fourth-order valence-corrected chi connectivity index (χ4v) is 0.683. The Bertz CT molecular complexity index is 199. The van der Waals surface area contributed by atoms with Gasteiger partial charge >= 0.3 is 5.97 Å². The van der Waals surface area contributed by atoms with Crippen LogP contribution in [0.15, 0.2) is 0 Å². The molecule has 1 amide bonds. The molecule has 0 rings (SSSR count). The van der Waals surface area contributed by atoms with Gasteiger partial charge in [0.2, 0.25) is 5.91 Å². The van der Waals surface area contributed by atoms with E-state index >= 15 is 0 Å². The van der Waals surface area contributed by atoms with Crippen molar-refractivity contribution in [2.45, 2.75) is 33.6 Å². The summed E-state index contributed by atoms with van der Waals surface area (Å²) in [5, 5.41) is 10.9. The van der Waals surface area contributed by atoms with Crippen LogP contribution in [0.4, 0.5) is 0 Å². The molecule has 0 unspecified atom stereocenters. The fourth-order valence-electron chi connectivity index (χ4n) is 0.683. The van der Waals surface area contributed by atoms with E-state index in [1.54, 1.807) is 0 Å². The molecule has 13 heavy (non-hydrogen) atoms. The Labute approximate surface area is 78.3 Å². The third-order valence-corrected chi connectivity index (χ3v) is 2.12. The normalized spacial score (nSPS) is 11.0. The summed E-state index contributed by atoms with van der Waals surface area (Å²) >= 11 is 0. The second-order valence-electron chi connectivity index (χ2n) is 3.64. The summed E-state index contributed by atoms with van der Waals surface area (Å²) in [5.41, 5.74) is -0.404. The maximum absolute atomic E-state index is 11.4. The van der Waals surface area contributed by atoms with Crippen molar-refractivity contribution in [1.82, 2.24) is 5.32 Å². The number of carboxylic acid groups (broad SMARTS) is 1. The lowest BCUT2D eigenvalue weighted by atomic mass is 9.89. The van der Waals surface area contributed by atoms with E-state index in [4.69, 9.17) is 5.11 Å². The lowest BCUT2D eigenvalue weighted by molar-refractivity contribution is -0.137. The summed E-state index contributed by atoms with van der Waals surface area (Å²) in [4.78, 5) is 21.5. The van der Waals surface area contributed by atoms with Crippen molar-refractivity contribution in [2.24, 2.45) is 5.41 Å². The zero-order valence-electron chi connectivity index (χ0n) is 8.39. The molecule has 0 atom stereocenters. The quantitative estimate of drug-likeness (QED) is 0.675. The molecule has 0 fully saturated rings. The molecule has 0 spiro atoms. The largest absolute Gasteiger partial charge is 0.481 e. The number of amides is 1. The van der Waals surface area contributed by atoms with Crippen molar-refractivity contribution in [3.8, 4) is 0 Å². The van der Waals surface area contributed by atoms with Gasteiger partial charge in [0.25, 0.3) is 0 Å². The Hall–Kier alpha value is -1.06. The van der Waals surface area contributed by atoms with E-state index in [1.807, 2.05) is 20.8 Å². The Morgan fingerprint density at radius 3 is 2.31 bits per heavy atom. The first-order chi connectivity index (χ1) is 5.90. The zero-order chi connectivity index (χ0) is 10.5. The summed E-state index contributed by atoms with van der Waals surface area (Å²) in [5.74, 6) is -0.981. The van der Waals surface area contributed by atoms with E-state index in [-0.39, 0.29) is 18.9 Å². The summed E-state index contributed by atoms with van der Waals surface area (Å²) in [6.45, 7) is 5.81. The highest BCUT2D eigenvalue weighted by molar-refractivity contribution is 5.82. The first-order valence-electron chi connectivity index (χ1n) is 4.40. The van der Waals surface area contributed by atoms with Crippen LogP contribution in [0.3, 0.4) is 0 Å². The highest BCUT2D eigenvalue weighted by Crippen LogP contribution is 2.19. The maximum atomic E-state index is 11.4. The Kier molecular flexibility index (Phi) is 4.45. The Morgan fingerprint density at radius 1 is 1.38 bits per heavy atom. The molecule has 0 saturated carbocycles. The molecular formula is C9H17NO3. The molecule has 0 aromatic heterocycles. The van der Waals surface area contributed by atoms with Crippen LogP contribution in [0.5, 0.6) is 0 Å². The zero-order valence-corrected chi connectivity index (χ0v) is 8.39. The molecule has 0 bridgehead atoms. The number of hydrogen-bond acceptors (Lipinski definition) is 2. The van der Waals surface area contributed by atoms with Gasteiger partial charge in [-0.2, -0.15) is 0 Å². The maximum Gasteiger partial charge on any atom is 0.305 e. The molecule has 0 aliphatic rings. The molecule has 2 N–H and O–H groups in total. The predicted molar refractivity (Wildman–Crippen MR) is 49.3 cm³/mol. The van der Waals surface area contributed by atoms with Crippen molar-refractivity contribution >= 4 is 11.9 Å². The third kappa shape index (κ3) is 4.50. The molecule has 0 radical (unpaired) electrons. The lowest BCUT2D eigenvalue weighted by Crippen LogP contribution is -2.37. The SMILES string of the molecule is CCC(C)(C)C(=O)NCCC(=O)O. The first-order valence-corrected chi connectivity index (χ1v) is 4.40. The third-order valence-electron chi connectivity index (χ3n) is 2.12. The van der Waals surface area contributed by atoms with E-state index in [9.17, 15) is 9.59 Å². The Balaban J connectivity index is 3.81. The van der Waals surface area contributed by atoms with E-state index in [0.717, 1.165) is 6.42 Å². The number of carboxylic acids is 1. The van der Waals surface area contributed by atoms with E-state index in [0.29, 0.717) is 0 Å². The average molecular weight is 187 g/mol. The molecular weight excluding hydrogens is 170 g/mol. The summed E-state index contributed by atoms with van der Waals surface area (Å²) in [6.07, 6.45) is 0.720. The second kappa shape index (κ2) is 4.84. The van der Waals surface area contributed by atoms with Gasteiger partial charge < -0.3 is 10.4 Å². The minimum absolute atomic E-state index is 0.0223. The van der Waals surface area contributed by atoms with Crippen molar-refractivity contribution in [3.05, 3.63) is 0 Å². The number of carbonyl (C=O) groups is 2. The van der Waals surface area contributed by atoms with Crippen LogP contribution >= 0.6 is 0 Å². The molecule has 76 valence electrons. The fraction of sp³-hybridized carbons (Fsp3) is 0.778. The highest BCUT2D eigenvalue weighted by Gasteiger charge is 2.24. The van der Waals surface area contributed by atoms with E-state index in [1.165, 1.54) is 0 Å². The topological polar surface area (TPSA) is 66.4 Å². The summed E-state index contributed by atoms with van der Waals surface area (Å²) in [6, 6.07) is 0. The van der Waals surface area contributed by atoms with Gasteiger partial charge in [-0.1, -0.05) is 20.8 Å². The van der Waals surface area contributed by atoms with Crippen LogP contribution in [-0.4, -0.2) is 23.5 Å². The molecule has 0 aliphatic heterocycles. The molecule has 0 heterocycles. The van der Waals surface area contributed by atoms with Crippen LogP contribution in [0, 0.1) is 5.41 Å². The van der Waals surface area contributed by atoms with Gasteiger partial charge in [-0.25, -0.2) is 0 Å². The second-order valence-corrected chi connectivity index (χ2v) is 3.64. The number of rotatable bonds is 5. The van der Waals surface area contributed by atoms with Crippen LogP contribution in [0.2, 0.25) is 0 Å². The van der Waals surface area contributed by atoms with Crippen molar-refractivity contribution in [2.75, 3.05) is 6.54 Å². The number of aliphatic carboxylic acids is 1. The van der Waals surface area contributed by atoms with E-state index < -0.39 is 11.4 Å². The standard InChI is InChI=1S/C9H17NO3/c1-4-9(2,3)8(13)10-6-5-7(11)12/h4-6H2,1-3H3,(H,10,13)(H,11,12). The minimum Gasteiger partial charge on any atom is -0.481 e. The van der Waals surface area contributed by atoms with Gasteiger partial charge in [0.1, 0.15) is 0 Å². The molecule has 0 aromatic rings. The number of nitrogens with one attached hydrogen (secondary N) is 1. The number of hydrogen-bond donors (Lipinski definition) is 2. The van der Waals surface area contributed by atoms with Crippen LogP contribution < -0.4 is 5.32 Å². The van der Waals surface area contributed by atoms with E-state index in [2.05, 4.69) is 5.32 Å². The lowest BCUT2D eigenvalue weighted by Gasteiger charge is -2.20. The Morgan fingerprint density at radius 2 is 1.92 bits per heavy atom. The molecule has 4 heteroatoms.